The Balaban J connectivity index is 0.000000394. The summed E-state index contributed by atoms with van der Waals surface area (Å²) in [5.41, 5.74) is 1.24. The van der Waals surface area contributed by atoms with Crippen molar-refractivity contribution in [3.8, 4) is 5.75 Å². The molecule has 1 aliphatic heterocycles. The van der Waals surface area contributed by atoms with Gasteiger partial charge in [0.25, 0.3) is 0 Å². The summed E-state index contributed by atoms with van der Waals surface area (Å²) in [6.07, 6.45) is 1.26. The first-order chi connectivity index (χ1) is 7.76. The van der Waals surface area contributed by atoms with Crippen LogP contribution in [0.15, 0.2) is 24.3 Å². The SMILES string of the molecule is CC.CCC.Cc1ccc(OC2CO2)cc1. The van der Waals surface area contributed by atoms with Crippen molar-refractivity contribution in [3.05, 3.63) is 29.8 Å². The summed E-state index contributed by atoms with van der Waals surface area (Å²) in [5.74, 6) is 0.887. The van der Waals surface area contributed by atoms with Gasteiger partial charge in [0.1, 0.15) is 12.4 Å². The zero-order valence-electron chi connectivity index (χ0n) is 11.1. The summed E-state index contributed by atoms with van der Waals surface area (Å²) in [6.45, 7) is 11.0. The van der Waals surface area contributed by atoms with Gasteiger partial charge in [-0.2, -0.15) is 0 Å². The fourth-order valence-corrected chi connectivity index (χ4v) is 0.876. The van der Waals surface area contributed by atoms with Crippen LogP contribution >= 0.6 is 0 Å². The van der Waals surface area contributed by atoms with Crippen LogP contribution in [0.4, 0.5) is 0 Å². The van der Waals surface area contributed by atoms with Gasteiger partial charge in [-0.15, -0.1) is 0 Å². The zero-order valence-corrected chi connectivity index (χ0v) is 11.1. The molecule has 1 unspecified atom stereocenters. The van der Waals surface area contributed by atoms with E-state index in [2.05, 4.69) is 20.8 Å². The third-order valence-electron chi connectivity index (χ3n) is 1.59. The van der Waals surface area contributed by atoms with Gasteiger partial charge in [-0.1, -0.05) is 51.8 Å². The second kappa shape index (κ2) is 9.22. The molecule has 1 atom stereocenters. The number of epoxide rings is 1. The first kappa shape index (κ1) is 15.0. The fourth-order valence-electron chi connectivity index (χ4n) is 0.876. The van der Waals surface area contributed by atoms with Crippen LogP contribution in [0.1, 0.15) is 39.7 Å². The van der Waals surface area contributed by atoms with Crippen molar-refractivity contribution in [2.45, 2.75) is 47.3 Å². The molecule has 0 spiro atoms. The highest BCUT2D eigenvalue weighted by molar-refractivity contribution is 5.26. The predicted molar refractivity (Wildman–Crippen MR) is 68.9 cm³/mol. The quantitative estimate of drug-likeness (QED) is 0.703. The van der Waals surface area contributed by atoms with Crippen LogP contribution in [0.2, 0.25) is 0 Å². The molecule has 0 saturated carbocycles. The van der Waals surface area contributed by atoms with Crippen molar-refractivity contribution >= 4 is 0 Å². The van der Waals surface area contributed by atoms with Crippen molar-refractivity contribution in [1.82, 2.24) is 0 Å². The monoisotopic (exact) mass is 224 g/mol. The smallest absolute Gasteiger partial charge is 0.223 e. The molecular formula is C14H24O2. The Morgan fingerprint density at radius 1 is 1.19 bits per heavy atom. The molecule has 1 aromatic rings. The van der Waals surface area contributed by atoms with E-state index in [1.54, 1.807) is 0 Å². The molecule has 0 bridgehead atoms. The molecule has 2 heteroatoms. The molecule has 1 aromatic carbocycles. The average Bonchev–Trinajstić information content (AvgIpc) is 3.10. The largest absolute Gasteiger partial charge is 0.462 e. The minimum Gasteiger partial charge on any atom is -0.462 e. The summed E-state index contributed by atoms with van der Waals surface area (Å²) in [5, 5.41) is 0. The van der Waals surface area contributed by atoms with Crippen molar-refractivity contribution in [2.75, 3.05) is 6.61 Å². The second-order valence-electron chi connectivity index (χ2n) is 3.40. The van der Waals surface area contributed by atoms with Gasteiger partial charge in [0, 0.05) is 0 Å². The molecule has 2 rings (SSSR count). The zero-order chi connectivity index (χ0) is 12.4. The lowest BCUT2D eigenvalue weighted by molar-refractivity contribution is 0.179. The van der Waals surface area contributed by atoms with Gasteiger partial charge in [-0.3, -0.25) is 0 Å². The normalized spacial score (nSPS) is 16.2. The Labute approximate surface area is 99.6 Å². The third-order valence-corrected chi connectivity index (χ3v) is 1.59. The van der Waals surface area contributed by atoms with E-state index in [-0.39, 0.29) is 6.29 Å². The summed E-state index contributed by atoms with van der Waals surface area (Å²) >= 11 is 0. The Bertz CT molecular complexity index is 250. The van der Waals surface area contributed by atoms with Gasteiger partial charge in [0.05, 0.1) is 0 Å². The highest BCUT2D eigenvalue weighted by Crippen LogP contribution is 2.18. The van der Waals surface area contributed by atoms with Gasteiger partial charge < -0.3 is 9.47 Å². The molecular weight excluding hydrogens is 200 g/mol. The maximum Gasteiger partial charge on any atom is 0.223 e. The number of hydrogen-bond acceptors (Lipinski definition) is 2. The molecule has 0 amide bonds. The first-order valence-electron chi connectivity index (χ1n) is 6.11. The van der Waals surface area contributed by atoms with E-state index in [1.165, 1.54) is 12.0 Å². The topological polar surface area (TPSA) is 21.8 Å². The maximum atomic E-state index is 5.36. The van der Waals surface area contributed by atoms with Crippen molar-refractivity contribution in [1.29, 1.82) is 0 Å². The average molecular weight is 224 g/mol. The van der Waals surface area contributed by atoms with Crippen LogP contribution in [-0.4, -0.2) is 12.9 Å². The standard InChI is InChI=1S/C9H10O2.C3H8.C2H6/c1-7-2-4-8(5-3-7)11-9-6-10-9;1-3-2;1-2/h2-5,9H,6H2,1H3;3H2,1-2H3;1-2H3. The molecule has 0 aromatic heterocycles. The number of ether oxygens (including phenoxy) is 2. The van der Waals surface area contributed by atoms with E-state index in [0.29, 0.717) is 0 Å². The molecule has 1 saturated heterocycles. The lowest BCUT2D eigenvalue weighted by Crippen LogP contribution is -1.96. The summed E-state index contributed by atoms with van der Waals surface area (Å²) in [4.78, 5) is 0. The Morgan fingerprint density at radius 2 is 1.62 bits per heavy atom. The van der Waals surface area contributed by atoms with Gasteiger partial charge >= 0.3 is 0 Å². The van der Waals surface area contributed by atoms with Crippen LogP contribution in [0, 0.1) is 6.92 Å². The van der Waals surface area contributed by atoms with E-state index in [0.717, 1.165) is 12.4 Å². The van der Waals surface area contributed by atoms with Crippen LogP contribution in [0.25, 0.3) is 0 Å². The number of hydrogen-bond donors (Lipinski definition) is 0. The van der Waals surface area contributed by atoms with Crippen LogP contribution in [0.5, 0.6) is 5.75 Å². The molecule has 1 fully saturated rings. The highest BCUT2D eigenvalue weighted by Gasteiger charge is 2.24. The first-order valence-corrected chi connectivity index (χ1v) is 6.11. The third kappa shape index (κ3) is 7.30. The fraction of sp³-hybridized carbons (Fsp3) is 0.571. The van der Waals surface area contributed by atoms with E-state index < -0.39 is 0 Å². The lowest BCUT2D eigenvalue weighted by Gasteiger charge is -2.00. The predicted octanol–water partition coefficient (Wildman–Crippen LogP) is 4.17. The summed E-state index contributed by atoms with van der Waals surface area (Å²) in [7, 11) is 0. The number of aryl methyl sites for hydroxylation is 1. The van der Waals surface area contributed by atoms with Gasteiger partial charge in [-0.05, 0) is 19.1 Å². The Morgan fingerprint density at radius 3 is 2.00 bits per heavy atom. The number of rotatable bonds is 2. The van der Waals surface area contributed by atoms with Crippen LogP contribution in [-0.2, 0) is 4.74 Å². The second-order valence-corrected chi connectivity index (χ2v) is 3.40. The van der Waals surface area contributed by atoms with Crippen LogP contribution in [0.3, 0.4) is 0 Å². The maximum absolute atomic E-state index is 5.36. The van der Waals surface area contributed by atoms with E-state index in [9.17, 15) is 0 Å². The lowest BCUT2D eigenvalue weighted by atomic mass is 10.2. The summed E-state index contributed by atoms with van der Waals surface area (Å²) in [6, 6.07) is 7.96. The van der Waals surface area contributed by atoms with Crippen molar-refractivity contribution in [3.63, 3.8) is 0 Å². The van der Waals surface area contributed by atoms with Crippen molar-refractivity contribution in [2.24, 2.45) is 0 Å². The Kier molecular flexibility index (Phi) is 8.64. The molecule has 16 heavy (non-hydrogen) atoms. The van der Waals surface area contributed by atoms with Gasteiger partial charge in [0.15, 0.2) is 0 Å². The summed E-state index contributed by atoms with van der Waals surface area (Å²) < 4.78 is 10.3. The van der Waals surface area contributed by atoms with E-state index in [1.807, 2.05) is 38.1 Å². The van der Waals surface area contributed by atoms with E-state index in [4.69, 9.17) is 9.47 Å². The minimum atomic E-state index is 0.0118. The highest BCUT2D eigenvalue weighted by atomic mass is 16.8. The molecule has 2 nitrogen and oxygen atoms in total. The van der Waals surface area contributed by atoms with Crippen molar-refractivity contribution < 1.29 is 9.47 Å². The molecule has 0 aliphatic carbocycles. The minimum absolute atomic E-state index is 0.0118. The van der Waals surface area contributed by atoms with E-state index >= 15 is 0 Å². The molecule has 1 aliphatic rings. The van der Waals surface area contributed by atoms with Gasteiger partial charge in [0.2, 0.25) is 6.29 Å². The van der Waals surface area contributed by atoms with Gasteiger partial charge in [-0.25, -0.2) is 0 Å². The molecule has 1 heterocycles. The molecule has 92 valence electrons. The molecule has 0 N–H and O–H groups in total. The Hall–Kier alpha value is -1.02. The van der Waals surface area contributed by atoms with Crippen LogP contribution < -0.4 is 4.74 Å². The number of benzene rings is 1. The molecule has 0 radical (unpaired) electrons.